The van der Waals surface area contributed by atoms with Crippen LogP contribution in [0.25, 0.3) is 0 Å². The second kappa shape index (κ2) is 10.5. The van der Waals surface area contributed by atoms with Crippen LogP contribution in [0.2, 0.25) is 0 Å². The van der Waals surface area contributed by atoms with Gasteiger partial charge in [-0.15, -0.1) is 0 Å². The number of carbonyl (C=O) groups excluding carboxylic acids is 1. The topological polar surface area (TPSA) is 67.6 Å². The second-order valence-corrected chi connectivity index (χ2v) is 10.3. The Hall–Kier alpha value is -2.75. The molecule has 6 nitrogen and oxygen atoms in total. The Kier molecular flexibility index (Phi) is 7.17. The van der Waals surface area contributed by atoms with E-state index in [-0.39, 0.29) is 11.3 Å². The lowest BCUT2D eigenvalue weighted by Crippen LogP contribution is -2.50. The van der Waals surface area contributed by atoms with Crippen LogP contribution in [0.1, 0.15) is 58.1 Å². The molecule has 35 heavy (non-hydrogen) atoms. The van der Waals surface area contributed by atoms with Gasteiger partial charge in [-0.2, -0.15) is 0 Å². The third kappa shape index (κ3) is 5.27. The van der Waals surface area contributed by atoms with Crippen molar-refractivity contribution in [2.24, 2.45) is 0 Å². The summed E-state index contributed by atoms with van der Waals surface area (Å²) >= 11 is 1.69. The van der Waals surface area contributed by atoms with E-state index in [0.29, 0.717) is 43.4 Å². The number of ether oxygens (including phenoxy) is 1. The maximum Gasteiger partial charge on any atom is 0.274 e. The lowest BCUT2D eigenvalue weighted by atomic mass is 9.81. The third-order valence-electron chi connectivity index (χ3n) is 6.69. The molecule has 1 amide bonds. The SMILES string of the molecule is O=C(NC1(c2cc(F)c(CN3CCC[C@H](c4ccccc4)S3)cc2F)CCOCC1)c1ccon1. The van der Waals surface area contributed by atoms with Crippen molar-refractivity contribution in [3.8, 4) is 0 Å². The summed E-state index contributed by atoms with van der Waals surface area (Å²) in [6.45, 7) is 1.77. The number of benzene rings is 2. The molecule has 0 aliphatic carbocycles. The van der Waals surface area contributed by atoms with Crippen LogP contribution >= 0.6 is 11.9 Å². The van der Waals surface area contributed by atoms with Crippen LogP contribution < -0.4 is 5.32 Å². The van der Waals surface area contributed by atoms with Gasteiger partial charge < -0.3 is 14.6 Å². The molecule has 2 fully saturated rings. The van der Waals surface area contributed by atoms with Crippen LogP contribution in [0.15, 0.2) is 59.3 Å². The number of aromatic nitrogens is 1. The smallest absolute Gasteiger partial charge is 0.274 e. The molecule has 3 aromatic rings. The van der Waals surface area contributed by atoms with Crippen molar-refractivity contribution in [3.05, 3.63) is 88.8 Å². The summed E-state index contributed by atoms with van der Waals surface area (Å²) in [5, 5.41) is 6.84. The Morgan fingerprint density at radius 3 is 2.69 bits per heavy atom. The molecule has 1 aromatic heterocycles. The Morgan fingerprint density at radius 2 is 1.94 bits per heavy atom. The fourth-order valence-corrected chi connectivity index (χ4v) is 6.17. The monoisotopic (exact) mass is 499 g/mol. The van der Waals surface area contributed by atoms with Gasteiger partial charge in [0.05, 0.1) is 5.54 Å². The average molecular weight is 500 g/mol. The van der Waals surface area contributed by atoms with Crippen molar-refractivity contribution in [3.63, 3.8) is 0 Å². The highest BCUT2D eigenvalue weighted by Crippen LogP contribution is 2.41. The van der Waals surface area contributed by atoms with Crippen LogP contribution in [0.3, 0.4) is 0 Å². The third-order valence-corrected chi connectivity index (χ3v) is 8.06. The molecule has 3 heterocycles. The van der Waals surface area contributed by atoms with E-state index in [9.17, 15) is 4.79 Å². The zero-order valence-electron chi connectivity index (χ0n) is 19.2. The largest absolute Gasteiger partial charge is 0.381 e. The zero-order chi connectivity index (χ0) is 24.3. The Labute approximate surface area is 207 Å². The van der Waals surface area contributed by atoms with Gasteiger partial charge in [-0.3, -0.25) is 4.79 Å². The fraction of sp³-hybridized carbons (Fsp3) is 0.385. The van der Waals surface area contributed by atoms with Gasteiger partial charge in [0, 0.05) is 48.7 Å². The molecule has 184 valence electrons. The minimum Gasteiger partial charge on any atom is -0.381 e. The molecule has 9 heteroatoms. The first-order chi connectivity index (χ1) is 17.0. The van der Waals surface area contributed by atoms with E-state index in [4.69, 9.17) is 9.26 Å². The maximum absolute atomic E-state index is 15.5. The molecule has 0 bridgehead atoms. The van der Waals surface area contributed by atoms with Crippen LogP contribution in [-0.4, -0.2) is 35.1 Å². The molecule has 5 rings (SSSR count). The normalized spacial score (nSPS) is 20.5. The van der Waals surface area contributed by atoms with Gasteiger partial charge >= 0.3 is 0 Å². The van der Waals surface area contributed by atoms with E-state index in [2.05, 4.69) is 26.9 Å². The Balaban J connectivity index is 1.36. The summed E-state index contributed by atoms with van der Waals surface area (Å²) in [6, 6.07) is 14.2. The summed E-state index contributed by atoms with van der Waals surface area (Å²) in [5.41, 5.74) is 0.678. The minimum absolute atomic E-state index is 0.0865. The highest BCUT2D eigenvalue weighted by Gasteiger charge is 2.39. The summed E-state index contributed by atoms with van der Waals surface area (Å²) in [7, 11) is 0. The predicted molar refractivity (Wildman–Crippen MR) is 128 cm³/mol. The highest BCUT2D eigenvalue weighted by atomic mass is 32.2. The molecule has 0 radical (unpaired) electrons. The van der Waals surface area contributed by atoms with Crippen LogP contribution in [0, 0.1) is 11.6 Å². The van der Waals surface area contributed by atoms with Gasteiger partial charge in [-0.1, -0.05) is 47.4 Å². The summed E-state index contributed by atoms with van der Waals surface area (Å²) in [4.78, 5) is 12.7. The standard InChI is InChI=1S/C26H27F2N3O3S/c27-21-16-20(26(9-13-33-14-10-26)29-25(32)23-8-12-34-30-23)22(28)15-19(21)17-31-11-4-7-24(35-31)18-5-2-1-3-6-18/h1-3,5-6,8,12,15-16,24H,4,7,9-11,13-14,17H2,(H,29,32)/t24-/m1/s1. The van der Waals surface area contributed by atoms with E-state index in [1.165, 1.54) is 30.0 Å². The van der Waals surface area contributed by atoms with Crippen molar-refractivity contribution in [1.29, 1.82) is 0 Å². The quantitative estimate of drug-likeness (QED) is 0.460. The number of hydrogen-bond acceptors (Lipinski definition) is 6. The van der Waals surface area contributed by atoms with Crippen LogP contribution in [0.4, 0.5) is 8.78 Å². The molecule has 0 unspecified atom stereocenters. The van der Waals surface area contributed by atoms with Crippen LogP contribution in [0.5, 0.6) is 0 Å². The van der Waals surface area contributed by atoms with Crippen molar-refractivity contribution in [2.75, 3.05) is 19.8 Å². The number of hydrogen-bond donors (Lipinski definition) is 1. The minimum atomic E-state index is -1.09. The Bertz CT molecular complexity index is 1150. The average Bonchev–Trinajstić information content (AvgIpc) is 3.43. The number of rotatable bonds is 6. The van der Waals surface area contributed by atoms with Crippen molar-refractivity contribution >= 4 is 17.9 Å². The summed E-state index contributed by atoms with van der Waals surface area (Å²) < 4.78 is 43.2. The number of amides is 1. The Morgan fingerprint density at radius 1 is 1.14 bits per heavy atom. The first-order valence-corrected chi connectivity index (χ1v) is 12.6. The molecule has 2 aromatic carbocycles. The van der Waals surface area contributed by atoms with E-state index < -0.39 is 23.1 Å². The molecule has 0 saturated carbocycles. The van der Waals surface area contributed by atoms with Gasteiger partial charge in [0.1, 0.15) is 17.9 Å². The number of nitrogens with one attached hydrogen (secondary N) is 1. The van der Waals surface area contributed by atoms with Crippen molar-refractivity contribution in [2.45, 2.75) is 43.0 Å². The number of halogens is 2. The first-order valence-electron chi connectivity index (χ1n) is 11.8. The second-order valence-electron chi connectivity index (χ2n) is 8.97. The fourth-order valence-electron chi connectivity index (χ4n) is 4.81. The van der Waals surface area contributed by atoms with Gasteiger partial charge in [0.25, 0.3) is 5.91 Å². The molecule has 1 atom stereocenters. The lowest BCUT2D eigenvalue weighted by Gasteiger charge is -2.38. The van der Waals surface area contributed by atoms with E-state index in [1.807, 2.05) is 18.2 Å². The van der Waals surface area contributed by atoms with Crippen molar-refractivity contribution in [1.82, 2.24) is 14.8 Å². The van der Waals surface area contributed by atoms with Crippen LogP contribution in [-0.2, 0) is 16.8 Å². The van der Waals surface area contributed by atoms with E-state index in [1.54, 1.807) is 11.9 Å². The maximum atomic E-state index is 15.5. The van der Waals surface area contributed by atoms with E-state index in [0.717, 1.165) is 19.4 Å². The number of nitrogens with zero attached hydrogens (tertiary/aromatic N) is 2. The number of carbonyl (C=O) groups is 1. The lowest BCUT2D eigenvalue weighted by molar-refractivity contribution is 0.0329. The van der Waals surface area contributed by atoms with Gasteiger partial charge in [0.15, 0.2) is 5.69 Å². The predicted octanol–water partition coefficient (Wildman–Crippen LogP) is 5.37. The van der Waals surface area contributed by atoms with Gasteiger partial charge in [-0.25, -0.2) is 13.1 Å². The summed E-state index contributed by atoms with van der Waals surface area (Å²) in [5.74, 6) is -1.52. The van der Waals surface area contributed by atoms with E-state index >= 15 is 8.78 Å². The summed E-state index contributed by atoms with van der Waals surface area (Å²) in [6.07, 6.45) is 3.99. The van der Waals surface area contributed by atoms with Gasteiger partial charge in [0.2, 0.25) is 0 Å². The molecule has 0 spiro atoms. The molecule has 2 aliphatic rings. The molecular formula is C26H27F2N3O3S. The van der Waals surface area contributed by atoms with Gasteiger partial charge in [-0.05, 0) is 43.4 Å². The zero-order valence-corrected chi connectivity index (χ0v) is 20.0. The molecule has 2 saturated heterocycles. The van der Waals surface area contributed by atoms with Crippen molar-refractivity contribution < 1.29 is 22.8 Å². The molecule has 1 N–H and O–H groups in total. The molecule has 2 aliphatic heterocycles. The molecular weight excluding hydrogens is 472 g/mol. The first kappa shape index (κ1) is 24.0. The highest BCUT2D eigenvalue weighted by molar-refractivity contribution is 7.97.